The van der Waals surface area contributed by atoms with E-state index >= 15 is 0 Å². The van der Waals surface area contributed by atoms with Crippen LogP contribution in [0.3, 0.4) is 0 Å². The minimum absolute atomic E-state index is 0.131. The standard InChI is InChI=1S/C25H34N2O6/c1-5-7-16-8-13-19-21(20(16)25(31)33-6-2)24(30)27(15(3)14-28)22(19)23(29)26-17-9-11-18(32-4)12-10-17/h8-13,15-16,19-22,28H,5-7,14H2,1-4H3,(H,26,29)/t15-,16-,19+,20-,21+,22+/m1/s1. The van der Waals surface area contributed by atoms with Crippen LogP contribution in [0.4, 0.5) is 5.69 Å². The molecule has 8 heteroatoms. The second kappa shape index (κ2) is 10.8. The summed E-state index contributed by atoms with van der Waals surface area (Å²) in [4.78, 5) is 41.5. The van der Waals surface area contributed by atoms with Crippen LogP contribution >= 0.6 is 0 Å². The van der Waals surface area contributed by atoms with Gasteiger partial charge >= 0.3 is 5.97 Å². The van der Waals surface area contributed by atoms with Crippen LogP contribution in [0, 0.1) is 23.7 Å². The van der Waals surface area contributed by atoms with Crippen LogP contribution < -0.4 is 10.1 Å². The van der Waals surface area contributed by atoms with Gasteiger partial charge in [-0.2, -0.15) is 0 Å². The summed E-state index contributed by atoms with van der Waals surface area (Å²) < 4.78 is 10.5. The van der Waals surface area contributed by atoms with Crippen LogP contribution in [-0.2, 0) is 19.1 Å². The first-order chi connectivity index (χ1) is 15.9. The molecule has 180 valence electrons. The van der Waals surface area contributed by atoms with Gasteiger partial charge in [-0.3, -0.25) is 14.4 Å². The van der Waals surface area contributed by atoms with E-state index in [0.717, 1.165) is 12.8 Å². The molecule has 1 aromatic rings. The number of esters is 1. The zero-order chi connectivity index (χ0) is 24.1. The van der Waals surface area contributed by atoms with Gasteiger partial charge in [0.05, 0.1) is 38.2 Å². The highest BCUT2D eigenvalue weighted by atomic mass is 16.5. The fourth-order valence-electron chi connectivity index (χ4n) is 5.07. The van der Waals surface area contributed by atoms with Gasteiger partial charge in [0, 0.05) is 11.6 Å². The van der Waals surface area contributed by atoms with Gasteiger partial charge in [-0.25, -0.2) is 0 Å². The first kappa shape index (κ1) is 24.8. The number of benzene rings is 1. The quantitative estimate of drug-likeness (QED) is 0.435. The Balaban J connectivity index is 1.97. The number of amides is 2. The topological polar surface area (TPSA) is 105 Å². The Morgan fingerprint density at radius 1 is 1.18 bits per heavy atom. The molecule has 3 rings (SSSR count). The van der Waals surface area contributed by atoms with Gasteiger partial charge in [0.2, 0.25) is 11.8 Å². The molecular weight excluding hydrogens is 424 g/mol. The predicted octanol–water partition coefficient (Wildman–Crippen LogP) is 2.62. The highest BCUT2D eigenvalue weighted by molar-refractivity contribution is 6.01. The minimum Gasteiger partial charge on any atom is -0.497 e. The fourth-order valence-corrected chi connectivity index (χ4v) is 5.07. The number of likely N-dealkylation sites (tertiary alicyclic amines) is 1. The molecule has 1 fully saturated rings. The summed E-state index contributed by atoms with van der Waals surface area (Å²) in [6, 6.07) is 5.50. The summed E-state index contributed by atoms with van der Waals surface area (Å²) in [6.45, 7) is 5.41. The molecule has 2 N–H and O–H groups in total. The predicted molar refractivity (Wildman–Crippen MR) is 123 cm³/mol. The molecule has 1 aliphatic heterocycles. The maximum Gasteiger partial charge on any atom is 0.310 e. The molecule has 0 radical (unpaired) electrons. The van der Waals surface area contributed by atoms with Gasteiger partial charge in [-0.05, 0) is 50.5 Å². The zero-order valence-electron chi connectivity index (χ0n) is 19.7. The van der Waals surface area contributed by atoms with Gasteiger partial charge in [-0.1, -0.05) is 25.5 Å². The van der Waals surface area contributed by atoms with Crippen molar-refractivity contribution in [3.05, 3.63) is 36.4 Å². The lowest BCUT2D eigenvalue weighted by atomic mass is 9.69. The lowest BCUT2D eigenvalue weighted by Crippen LogP contribution is -2.49. The molecule has 0 bridgehead atoms. The number of aliphatic hydroxyl groups is 1. The molecule has 33 heavy (non-hydrogen) atoms. The third kappa shape index (κ3) is 4.90. The maximum absolute atomic E-state index is 13.6. The van der Waals surface area contributed by atoms with Gasteiger partial charge in [0.1, 0.15) is 11.8 Å². The third-order valence-corrected chi connectivity index (χ3v) is 6.59. The molecular formula is C25H34N2O6. The average molecular weight is 459 g/mol. The summed E-state index contributed by atoms with van der Waals surface area (Å²) in [5, 5.41) is 12.7. The zero-order valence-corrected chi connectivity index (χ0v) is 19.7. The van der Waals surface area contributed by atoms with Crippen molar-refractivity contribution in [3.8, 4) is 5.75 Å². The highest BCUT2D eigenvalue weighted by Crippen LogP contribution is 2.46. The number of hydrogen-bond acceptors (Lipinski definition) is 6. The van der Waals surface area contributed by atoms with Gasteiger partial charge in [0.15, 0.2) is 0 Å². The summed E-state index contributed by atoms with van der Waals surface area (Å²) in [5.41, 5.74) is 0.568. The lowest BCUT2D eigenvalue weighted by molar-refractivity contribution is -0.156. The van der Waals surface area contributed by atoms with Crippen LogP contribution in [0.15, 0.2) is 36.4 Å². The van der Waals surface area contributed by atoms with E-state index in [2.05, 4.69) is 5.32 Å². The Kier molecular flexibility index (Phi) is 8.13. The van der Waals surface area contributed by atoms with E-state index in [1.807, 2.05) is 19.1 Å². The Morgan fingerprint density at radius 2 is 1.88 bits per heavy atom. The number of fused-ring (bicyclic) bond motifs is 1. The number of carbonyl (C=O) groups excluding carboxylic acids is 3. The van der Waals surface area contributed by atoms with Crippen LogP contribution in [0.2, 0.25) is 0 Å². The van der Waals surface area contributed by atoms with Crippen molar-refractivity contribution in [1.82, 2.24) is 4.90 Å². The Hall–Kier alpha value is -2.87. The molecule has 8 nitrogen and oxygen atoms in total. The van der Waals surface area contributed by atoms with Crippen LogP contribution in [0.1, 0.15) is 33.6 Å². The first-order valence-corrected chi connectivity index (χ1v) is 11.6. The number of allylic oxidation sites excluding steroid dienone is 1. The minimum atomic E-state index is -0.845. The van der Waals surface area contributed by atoms with Crippen molar-refractivity contribution in [2.45, 2.75) is 45.7 Å². The molecule has 2 aliphatic rings. The largest absolute Gasteiger partial charge is 0.497 e. The van der Waals surface area contributed by atoms with E-state index in [-0.39, 0.29) is 30.9 Å². The second-order valence-corrected chi connectivity index (χ2v) is 8.66. The van der Waals surface area contributed by atoms with Gasteiger partial charge < -0.3 is 24.8 Å². The van der Waals surface area contributed by atoms with E-state index in [9.17, 15) is 19.5 Å². The van der Waals surface area contributed by atoms with E-state index < -0.39 is 35.8 Å². The highest BCUT2D eigenvalue weighted by Gasteiger charge is 2.58. The molecule has 1 aliphatic carbocycles. The lowest BCUT2D eigenvalue weighted by Gasteiger charge is -2.34. The second-order valence-electron chi connectivity index (χ2n) is 8.66. The van der Waals surface area contributed by atoms with Crippen molar-refractivity contribution in [3.63, 3.8) is 0 Å². The number of carbonyl (C=O) groups is 3. The van der Waals surface area contributed by atoms with Gasteiger partial charge in [-0.15, -0.1) is 0 Å². The van der Waals surface area contributed by atoms with Gasteiger partial charge in [0.25, 0.3) is 0 Å². The molecule has 1 heterocycles. The average Bonchev–Trinajstić information content (AvgIpc) is 3.11. The van der Waals surface area contributed by atoms with E-state index in [1.165, 1.54) is 4.90 Å². The number of rotatable bonds is 9. The number of nitrogens with one attached hydrogen (secondary N) is 1. The number of nitrogens with zero attached hydrogens (tertiary/aromatic N) is 1. The molecule has 0 unspecified atom stereocenters. The van der Waals surface area contributed by atoms with E-state index in [4.69, 9.17) is 9.47 Å². The SMILES string of the molecule is CCC[C@@H]1C=C[C@H]2[C@H](C(=O)N([C@H](C)CO)[C@@H]2C(=O)Nc2ccc(OC)cc2)[C@@H]1C(=O)OCC. The maximum atomic E-state index is 13.6. The number of anilines is 1. The molecule has 0 aromatic heterocycles. The molecule has 2 amide bonds. The van der Waals surface area contributed by atoms with Crippen LogP contribution in [-0.4, -0.2) is 60.2 Å². The van der Waals surface area contributed by atoms with Crippen molar-refractivity contribution >= 4 is 23.5 Å². The molecule has 0 saturated carbocycles. The van der Waals surface area contributed by atoms with Crippen molar-refractivity contribution in [2.75, 3.05) is 25.6 Å². The summed E-state index contributed by atoms with van der Waals surface area (Å²) in [6.07, 6.45) is 5.46. The summed E-state index contributed by atoms with van der Waals surface area (Å²) in [5.74, 6) is -2.37. The number of hydrogen-bond donors (Lipinski definition) is 2. The molecule has 1 saturated heterocycles. The fraction of sp³-hybridized carbons (Fsp3) is 0.560. The van der Waals surface area contributed by atoms with E-state index in [1.54, 1.807) is 45.2 Å². The Morgan fingerprint density at radius 3 is 2.45 bits per heavy atom. The van der Waals surface area contributed by atoms with Crippen LogP contribution in [0.5, 0.6) is 5.75 Å². The van der Waals surface area contributed by atoms with Crippen molar-refractivity contribution in [1.29, 1.82) is 0 Å². The van der Waals surface area contributed by atoms with Crippen molar-refractivity contribution in [2.24, 2.45) is 23.7 Å². The number of ether oxygens (including phenoxy) is 2. The van der Waals surface area contributed by atoms with Crippen LogP contribution in [0.25, 0.3) is 0 Å². The monoisotopic (exact) mass is 458 g/mol. The summed E-state index contributed by atoms with van der Waals surface area (Å²) in [7, 11) is 1.56. The Bertz CT molecular complexity index is 883. The number of methoxy groups -OCH3 is 1. The normalized spacial score (nSPS) is 27.1. The third-order valence-electron chi connectivity index (χ3n) is 6.59. The smallest absolute Gasteiger partial charge is 0.310 e. The molecule has 0 spiro atoms. The first-order valence-electron chi connectivity index (χ1n) is 11.6. The Labute approximate surface area is 194 Å². The molecule has 6 atom stereocenters. The molecule has 1 aromatic carbocycles. The number of aliphatic hydroxyl groups excluding tert-OH is 1. The summed E-state index contributed by atoms with van der Waals surface area (Å²) >= 11 is 0. The van der Waals surface area contributed by atoms with E-state index in [0.29, 0.717) is 11.4 Å². The van der Waals surface area contributed by atoms with Crippen molar-refractivity contribution < 1.29 is 29.0 Å².